The molecule has 188 valence electrons. The molecule has 0 radical (unpaired) electrons. The molecule has 34 heavy (non-hydrogen) atoms. The number of terminal acetylenes is 1. The molecule has 2 aliphatic rings. The van der Waals surface area contributed by atoms with Crippen LogP contribution in [0.5, 0.6) is 0 Å². The van der Waals surface area contributed by atoms with E-state index in [0.29, 0.717) is 10.8 Å². The summed E-state index contributed by atoms with van der Waals surface area (Å²) in [4.78, 5) is 41.9. The lowest BCUT2D eigenvalue weighted by atomic mass is 10.2. The highest BCUT2D eigenvalue weighted by Gasteiger charge is 2.40. The van der Waals surface area contributed by atoms with E-state index in [0.717, 1.165) is 32.7 Å². The van der Waals surface area contributed by atoms with Crippen LogP contribution in [0.3, 0.4) is 0 Å². The van der Waals surface area contributed by atoms with Gasteiger partial charge in [-0.05, 0) is 6.54 Å². The number of H-pyrrole nitrogens is 1. The number of carbonyl (C=O) groups excluding carboxylic acids is 1. The van der Waals surface area contributed by atoms with Crippen molar-refractivity contribution in [1.82, 2.24) is 19.4 Å². The third-order valence-electron chi connectivity index (χ3n) is 5.82. The number of rotatable bonds is 8. The normalized spacial score (nSPS) is 24.1. The maximum atomic E-state index is 13.1. The first-order valence-corrected chi connectivity index (χ1v) is 10.9. The van der Waals surface area contributed by atoms with Crippen molar-refractivity contribution >= 4 is 5.97 Å². The average Bonchev–Trinajstić information content (AvgIpc) is 3.18. The number of aromatic amines is 1. The summed E-state index contributed by atoms with van der Waals surface area (Å²) in [6.45, 7) is 5.94. The summed E-state index contributed by atoms with van der Waals surface area (Å²) in [7, 11) is 0. The number of alkyl halides is 3. The molecule has 2 aliphatic heterocycles. The third kappa shape index (κ3) is 6.47. The van der Waals surface area contributed by atoms with Gasteiger partial charge in [0.05, 0.1) is 12.6 Å². The number of nitrogens with zero attached hydrogens (tertiary/aromatic N) is 3. The van der Waals surface area contributed by atoms with E-state index in [1.165, 1.54) is 0 Å². The Kier molecular flexibility index (Phi) is 8.53. The van der Waals surface area contributed by atoms with Gasteiger partial charge >= 0.3 is 17.8 Å². The standard InChI is InChI=1S/C21H27F3N4O6/c1-3-9-32-15-10-17(28-11-14(21(22,23)24)19(30)25-20(28)31)34-16(15)13-33-18(29)12-27-7-5-26(4-2)6-8-27/h1,11,15-17H,4-10,12-13H2,2H3,(H,25,30,31)/t15-,16+,17+/m0/s1. The van der Waals surface area contributed by atoms with Crippen LogP contribution in [0.1, 0.15) is 25.1 Å². The number of aromatic nitrogens is 2. The first kappa shape index (κ1) is 26.0. The minimum atomic E-state index is -4.96. The number of ether oxygens (including phenoxy) is 3. The van der Waals surface area contributed by atoms with Gasteiger partial charge in [-0.1, -0.05) is 12.8 Å². The van der Waals surface area contributed by atoms with Crippen molar-refractivity contribution in [2.75, 3.05) is 52.5 Å². The predicted molar refractivity (Wildman–Crippen MR) is 113 cm³/mol. The molecule has 0 unspecified atom stereocenters. The van der Waals surface area contributed by atoms with Gasteiger partial charge in [-0.3, -0.25) is 24.0 Å². The Morgan fingerprint density at radius 3 is 2.56 bits per heavy atom. The number of nitrogens with one attached hydrogen (secondary N) is 1. The molecule has 1 aromatic heterocycles. The van der Waals surface area contributed by atoms with E-state index in [-0.39, 0.29) is 26.2 Å². The molecule has 3 heterocycles. The highest BCUT2D eigenvalue weighted by Crippen LogP contribution is 2.32. The lowest BCUT2D eigenvalue weighted by molar-refractivity contribution is -0.153. The zero-order valence-corrected chi connectivity index (χ0v) is 18.7. The summed E-state index contributed by atoms with van der Waals surface area (Å²) in [5.74, 6) is 1.81. The van der Waals surface area contributed by atoms with Gasteiger partial charge in [0.2, 0.25) is 0 Å². The van der Waals surface area contributed by atoms with Gasteiger partial charge in [0.15, 0.2) is 0 Å². The fourth-order valence-corrected chi connectivity index (χ4v) is 3.92. The minimum absolute atomic E-state index is 0.0356. The molecular weight excluding hydrogens is 461 g/mol. The number of piperazine rings is 1. The first-order chi connectivity index (χ1) is 16.1. The van der Waals surface area contributed by atoms with Crippen molar-refractivity contribution in [2.45, 2.75) is 38.0 Å². The molecule has 0 aliphatic carbocycles. The molecule has 2 fully saturated rings. The number of likely N-dealkylation sites (N-methyl/N-ethyl adjacent to an activating group) is 1. The molecule has 0 saturated carbocycles. The summed E-state index contributed by atoms with van der Waals surface area (Å²) in [5, 5.41) is 0. The molecule has 2 saturated heterocycles. The molecule has 0 bridgehead atoms. The van der Waals surface area contributed by atoms with E-state index < -0.39 is 47.4 Å². The number of halogens is 3. The van der Waals surface area contributed by atoms with E-state index in [4.69, 9.17) is 20.6 Å². The number of esters is 1. The second-order valence-corrected chi connectivity index (χ2v) is 8.02. The van der Waals surface area contributed by atoms with Gasteiger partial charge in [-0.15, -0.1) is 6.42 Å². The van der Waals surface area contributed by atoms with Crippen LogP contribution in [0.2, 0.25) is 0 Å². The fraction of sp³-hybridized carbons (Fsp3) is 0.667. The molecule has 0 aromatic carbocycles. The van der Waals surface area contributed by atoms with Crippen molar-refractivity contribution < 1.29 is 32.2 Å². The zero-order valence-electron chi connectivity index (χ0n) is 18.7. The number of hydrogen-bond acceptors (Lipinski definition) is 8. The Morgan fingerprint density at radius 1 is 1.26 bits per heavy atom. The van der Waals surface area contributed by atoms with Crippen LogP contribution in [-0.4, -0.2) is 90.0 Å². The highest BCUT2D eigenvalue weighted by molar-refractivity contribution is 5.71. The summed E-state index contributed by atoms with van der Waals surface area (Å²) < 4.78 is 56.5. The zero-order chi connectivity index (χ0) is 24.9. The Morgan fingerprint density at radius 2 is 1.94 bits per heavy atom. The van der Waals surface area contributed by atoms with Gasteiger partial charge in [0.25, 0.3) is 5.56 Å². The van der Waals surface area contributed by atoms with Gasteiger partial charge in [0, 0.05) is 38.8 Å². The SMILES string of the molecule is C#CCO[C@H]1C[C@H](n2cc(C(F)(F)F)c(=O)[nH]c2=O)O[C@@H]1COC(=O)CN1CCN(CC)CC1. The lowest BCUT2D eigenvalue weighted by Gasteiger charge is -2.33. The molecule has 3 rings (SSSR count). The van der Waals surface area contributed by atoms with Crippen LogP contribution in [0, 0.1) is 12.3 Å². The maximum Gasteiger partial charge on any atom is 0.423 e. The fourth-order valence-electron chi connectivity index (χ4n) is 3.92. The van der Waals surface area contributed by atoms with Gasteiger partial charge in [0.1, 0.15) is 31.1 Å². The summed E-state index contributed by atoms with van der Waals surface area (Å²) in [6.07, 6.45) is -2.15. The molecule has 0 amide bonds. The maximum absolute atomic E-state index is 13.1. The quantitative estimate of drug-likeness (QED) is 0.404. The van der Waals surface area contributed by atoms with Gasteiger partial charge in [-0.25, -0.2) is 4.79 Å². The van der Waals surface area contributed by atoms with Crippen molar-refractivity contribution in [1.29, 1.82) is 0 Å². The van der Waals surface area contributed by atoms with Crippen LogP contribution >= 0.6 is 0 Å². The summed E-state index contributed by atoms with van der Waals surface area (Å²) in [6, 6.07) is 0. The Hall–Kier alpha value is -2.66. The Balaban J connectivity index is 1.65. The van der Waals surface area contributed by atoms with Gasteiger partial charge < -0.3 is 19.1 Å². The van der Waals surface area contributed by atoms with Crippen LogP contribution in [-0.2, 0) is 25.2 Å². The smallest absolute Gasteiger partial charge is 0.423 e. The minimum Gasteiger partial charge on any atom is -0.462 e. The van der Waals surface area contributed by atoms with Crippen LogP contribution in [0.25, 0.3) is 0 Å². The van der Waals surface area contributed by atoms with E-state index in [2.05, 4.69) is 17.7 Å². The Bertz CT molecular complexity index is 1010. The van der Waals surface area contributed by atoms with Crippen LogP contribution in [0.15, 0.2) is 15.8 Å². The molecular formula is C21H27F3N4O6. The van der Waals surface area contributed by atoms with E-state index in [1.54, 1.807) is 4.98 Å². The van der Waals surface area contributed by atoms with Crippen LogP contribution < -0.4 is 11.2 Å². The largest absolute Gasteiger partial charge is 0.462 e. The van der Waals surface area contributed by atoms with E-state index >= 15 is 0 Å². The second-order valence-electron chi connectivity index (χ2n) is 8.02. The average molecular weight is 488 g/mol. The molecule has 10 nitrogen and oxygen atoms in total. The van der Waals surface area contributed by atoms with Crippen LogP contribution in [0.4, 0.5) is 13.2 Å². The predicted octanol–water partition coefficient (Wildman–Crippen LogP) is 0.0420. The number of hydrogen-bond donors (Lipinski definition) is 1. The van der Waals surface area contributed by atoms with Gasteiger partial charge in [-0.2, -0.15) is 13.2 Å². The van der Waals surface area contributed by atoms with Crippen molar-refractivity contribution in [3.8, 4) is 12.3 Å². The number of carbonyl (C=O) groups is 1. The molecule has 3 atom stereocenters. The first-order valence-electron chi connectivity index (χ1n) is 10.9. The van der Waals surface area contributed by atoms with E-state index in [1.807, 2.05) is 4.90 Å². The van der Waals surface area contributed by atoms with Crippen molar-refractivity contribution in [3.05, 3.63) is 32.6 Å². The second kappa shape index (κ2) is 11.2. The summed E-state index contributed by atoms with van der Waals surface area (Å²) in [5.41, 5.74) is -4.14. The molecule has 13 heteroatoms. The Labute approximate surface area is 193 Å². The van der Waals surface area contributed by atoms with Crippen molar-refractivity contribution in [2.24, 2.45) is 0 Å². The third-order valence-corrected chi connectivity index (χ3v) is 5.82. The monoisotopic (exact) mass is 488 g/mol. The van der Waals surface area contributed by atoms with Crippen molar-refractivity contribution in [3.63, 3.8) is 0 Å². The highest BCUT2D eigenvalue weighted by atomic mass is 19.4. The van der Waals surface area contributed by atoms with E-state index in [9.17, 15) is 27.6 Å². The lowest BCUT2D eigenvalue weighted by Crippen LogP contribution is -2.48. The summed E-state index contributed by atoms with van der Waals surface area (Å²) >= 11 is 0. The molecule has 1 aromatic rings. The molecule has 0 spiro atoms. The topological polar surface area (TPSA) is 106 Å². The molecule has 1 N–H and O–H groups in total.